The fourth-order valence-corrected chi connectivity index (χ4v) is 5.77. The van der Waals surface area contributed by atoms with Crippen molar-refractivity contribution in [2.45, 2.75) is 12.3 Å². The fraction of sp³-hybridized carbons (Fsp3) is 0.0571. The van der Waals surface area contributed by atoms with Crippen LogP contribution >= 0.6 is 0 Å². The van der Waals surface area contributed by atoms with Gasteiger partial charge in [0.05, 0.1) is 0 Å². The molecule has 0 radical (unpaired) electrons. The molecule has 0 aliphatic heterocycles. The summed E-state index contributed by atoms with van der Waals surface area (Å²) in [5.74, 6) is 2.21. The summed E-state index contributed by atoms with van der Waals surface area (Å²) in [6.07, 6.45) is 9.36. The van der Waals surface area contributed by atoms with Gasteiger partial charge in [-0.15, -0.1) is 0 Å². The van der Waals surface area contributed by atoms with Crippen LogP contribution in [-0.4, -0.2) is 15.0 Å². The van der Waals surface area contributed by atoms with Gasteiger partial charge >= 0.3 is 0 Å². The molecule has 0 amide bonds. The van der Waals surface area contributed by atoms with Crippen LogP contribution in [0.5, 0.6) is 0 Å². The van der Waals surface area contributed by atoms with Crippen molar-refractivity contribution in [1.29, 1.82) is 0 Å². The highest BCUT2D eigenvalue weighted by atomic mass is 16.3. The van der Waals surface area contributed by atoms with E-state index in [1.807, 2.05) is 30.3 Å². The predicted molar refractivity (Wildman–Crippen MR) is 159 cm³/mol. The number of furan rings is 1. The van der Waals surface area contributed by atoms with Crippen molar-refractivity contribution in [2.24, 2.45) is 0 Å². The Hall–Kier alpha value is -5.09. The van der Waals surface area contributed by atoms with E-state index in [2.05, 4.69) is 91.0 Å². The molecule has 2 aromatic heterocycles. The highest BCUT2D eigenvalue weighted by Crippen LogP contribution is 2.38. The first kappa shape index (κ1) is 21.9. The second kappa shape index (κ2) is 8.74. The van der Waals surface area contributed by atoms with Gasteiger partial charge in [-0.1, -0.05) is 103 Å². The van der Waals surface area contributed by atoms with E-state index < -0.39 is 0 Å². The number of fused-ring (bicyclic) bond motifs is 6. The molecule has 0 fully saturated rings. The highest BCUT2D eigenvalue weighted by Gasteiger charge is 2.21. The van der Waals surface area contributed by atoms with E-state index in [-0.39, 0.29) is 5.92 Å². The minimum Gasteiger partial charge on any atom is -0.456 e. The Morgan fingerprint density at radius 2 is 1.31 bits per heavy atom. The average molecular weight is 502 g/mol. The molecule has 0 saturated heterocycles. The van der Waals surface area contributed by atoms with E-state index in [1.54, 1.807) is 0 Å². The number of benzene rings is 5. The van der Waals surface area contributed by atoms with Crippen LogP contribution in [0.15, 0.2) is 126 Å². The normalized spacial score (nSPS) is 15.1. The summed E-state index contributed by atoms with van der Waals surface area (Å²) in [6, 6.07) is 33.5. The number of hydrogen-bond donors (Lipinski definition) is 0. The first-order valence-electron chi connectivity index (χ1n) is 13.2. The Kier molecular flexibility index (Phi) is 4.92. The van der Waals surface area contributed by atoms with Crippen molar-refractivity contribution in [3.8, 4) is 22.8 Å². The van der Waals surface area contributed by atoms with Crippen LogP contribution in [0.25, 0.3) is 66.3 Å². The number of rotatable bonds is 3. The van der Waals surface area contributed by atoms with Crippen LogP contribution in [0.2, 0.25) is 0 Å². The van der Waals surface area contributed by atoms with Gasteiger partial charge in [0.15, 0.2) is 11.6 Å². The van der Waals surface area contributed by atoms with Crippen LogP contribution in [0.1, 0.15) is 18.2 Å². The zero-order valence-corrected chi connectivity index (χ0v) is 21.1. The van der Waals surface area contributed by atoms with Gasteiger partial charge in [-0.25, -0.2) is 15.0 Å². The molecule has 0 saturated carbocycles. The summed E-state index contributed by atoms with van der Waals surface area (Å²) in [7, 11) is 0. The quantitative estimate of drug-likeness (QED) is 0.227. The molecule has 2 heterocycles. The van der Waals surface area contributed by atoms with Crippen LogP contribution in [0.3, 0.4) is 0 Å². The molecule has 4 heteroatoms. The van der Waals surface area contributed by atoms with Crippen LogP contribution in [-0.2, 0) is 0 Å². The molecule has 1 unspecified atom stereocenters. The molecule has 5 aromatic carbocycles. The van der Waals surface area contributed by atoms with E-state index in [0.29, 0.717) is 11.6 Å². The Bertz CT molecular complexity index is 2120. The zero-order chi connectivity index (χ0) is 25.8. The second-order valence-electron chi connectivity index (χ2n) is 9.96. The van der Waals surface area contributed by atoms with E-state index in [4.69, 9.17) is 19.4 Å². The van der Waals surface area contributed by atoms with Crippen LogP contribution in [0.4, 0.5) is 0 Å². The van der Waals surface area contributed by atoms with Crippen molar-refractivity contribution in [3.05, 3.63) is 127 Å². The van der Waals surface area contributed by atoms with Crippen molar-refractivity contribution < 1.29 is 4.42 Å². The van der Waals surface area contributed by atoms with Gasteiger partial charge < -0.3 is 4.42 Å². The molecule has 7 aromatic rings. The Morgan fingerprint density at radius 1 is 0.590 bits per heavy atom. The second-order valence-corrected chi connectivity index (χ2v) is 9.96. The number of allylic oxidation sites excluding steroid dienone is 4. The number of aromatic nitrogens is 3. The van der Waals surface area contributed by atoms with Crippen molar-refractivity contribution in [1.82, 2.24) is 15.0 Å². The maximum Gasteiger partial charge on any atom is 0.164 e. The van der Waals surface area contributed by atoms with Gasteiger partial charge in [0.1, 0.15) is 17.0 Å². The molecule has 1 aliphatic rings. The van der Waals surface area contributed by atoms with E-state index in [1.165, 1.54) is 10.8 Å². The van der Waals surface area contributed by atoms with E-state index in [0.717, 1.165) is 56.1 Å². The third-order valence-electron chi connectivity index (χ3n) is 7.62. The van der Waals surface area contributed by atoms with Gasteiger partial charge in [0.2, 0.25) is 0 Å². The standard InChI is InChI=1S/C35H23N3O/c1-2-11-22(12-3-1)33-36-34(28-18-10-20-31-32(28)27-17-8-9-19-30(27)39-31)38-35(37-33)29-21-23-13-4-5-14-24(23)25-15-6-7-16-26(25)29/h1-11,13-22H,12H2. The monoisotopic (exact) mass is 501 g/mol. The molecule has 8 rings (SSSR count). The Morgan fingerprint density at radius 3 is 2.15 bits per heavy atom. The molecule has 0 bridgehead atoms. The van der Waals surface area contributed by atoms with Gasteiger partial charge in [-0.2, -0.15) is 0 Å². The molecule has 0 spiro atoms. The lowest BCUT2D eigenvalue weighted by atomic mass is 9.96. The fourth-order valence-electron chi connectivity index (χ4n) is 5.77. The lowest BCUT2D eigenvalue weighted by Gasteiger charge is -2.16. The molecular weight excluding hydrogens is 478 g/mol. The predicted octanol–water partition coefficient (Wildman–Crippen LogP) is 9.01. The van der Waals surface area contributed by atoms with Crippen molar-refractivity contribution >= 4 is 43.5 Å². The van der Waals surface area contributed by atoms with E-state index >= 15 is 0 Å². The molecule has 0 N–H and O–H groups in total. The smallest absolute Gasteiger partial charge is 0.164 e. The summed E-state index contributed by atoms with van der Waals surface area (Å²) in [5, 5.41) is 6.80. The first-order chi connectivity index (χ1) is 19.3. The molecule has 1 aliphatic carbocycles. The number of para-hydroxylation sites is 1. The van der Waals surface area contributed by atoms with Gasteiger partial charge in [-0.05, 0) is 46.2 Å². The van der Waals surface area contributed by atoms with Crippen LogP contribution < -0.4 is 0 Å². The topological polar surface area (TPSA) is 51.8 Å². The Balaban J connectivity index is 1.44. The number of nitrogens with zero attached hydrogens (tertiary/aromatic N) is 3. The molecule has 4 nitrogen and oxygen atoms in total. The summed E-state index contributed by atoms with van der Waals surface area (Å²) in [5.41, 5.74) is 3.64. The maximum absolute atomic E-state index is 6.19. The van der Waals surface area contributed by atoms with Gasteiger partial charge in [0, 0.05) is 27.8 Å². The number of hydrogen-bond acceptors (Lipinski definition) is 4. The third-order valence-corrected chi connectivity index (χ3v) is 7.62. The van der Waals surface area contributed by atoms with Gasteiger partial charge in [0.25, 0.3) is 0 Å². The lowest BCUT2D eigenvalue weighted by molar-refractivity contribution is 0.669. The molecular formula is C35H23N3O. The SMILES string of the molecule is C1=CCC(c2nc(-c3cc4ccccc4c4ccccc34)nc(-c3cccc4oc5ccccc5c34)n2)C=C1. The van der Waals surface area contributed by atoms with Crippen LogP contribution in [0, 0.1) is 0 Å². The molecule has 1 atom stereocenters. The molecule has 184 valence electrons. The van der Waals surface area contributed by atoms with Crippen molar-refractivity contribution in [2.75, 3.05) is 0 Å². The van der Waals surface area contributed by atoms with Gasteiger partial charge in [-0.3, -0.25) is 0 Å². The summed E-state index contributed by atoms with van der Waals surface area (Å²) in [6.45, 7) is 0. The molecule has 39 heavy (non-hydrogen) atoms. The minimum absolute atomic E-state index is 0.0857. The zero-order valence-electron chi connectivity index (χ0n) is 21.1. The third kappa shape index (κ3) is 3.57. The maximum atomic E-state index is 6.19. The van der Waals surface area contributed by atoms with E-state index in [9.17, 15) is 0 Å². The summed E-state index contributed by atoms with van der Waals surface area (Å²) in [4.78, 5) is 15.3. The van der Waals surface area contributed by atoms with Crippen molar-refractivity contribution in [3.63, 3.8) is 0 Å². The summed E-state index contributed by atoms with van der Waals surface area (Å²) >= 11 is 0. The Labute approximate surface area is 225 Å². The minimum atomic E-state index is 0.0857. The largest absolute Gasteiger partial charge is 0.456 e. The first-order valence-corrected chi connectivity index (χ1v) is 13.2. The lowest BCUT2D eigenvalue weighted by Crippen LogP contribution is -2.08. The highest BCUT2D eigenvalue weighted by molar-refractivity contribution is 6.14. The average Bonchev–Trinajstić information content (AvgIpc) is 3.40. The summed E-state index contributed by atoms with van der Waals surface area (Å²) < 4.78 is 6.19.